The first-order chi connectivity index (χ1) is 10.4. The zero-order chi connectivity index (χ0) is 15.7. The molecule has 1 aliphatic heterocycles. The maximum Gasteiger partial charge on any atom is 0.410 e. The average Bonchev–Trinajstić information content (AvgIpc) is 2.89. The Bertz CT molecular complexity index is 664. The molecule has 5 nitrogen and oxygen atoms in total. The Morgan fingerprint density at radius 3 is 2.77 bits per heavy atom. The van der Waals surface area contributed by atoms with E-state index in [0.717, 1.165) is 37.0 Å². The number of nitrogens with zero attached hydrogens (tertiary/aromatic N) is 2. The van der Waals surface area contributed by atoms with Crippen LogP contribution < -0.4 is 0 Å². The van der Waals surface area contributed by atoms with Crippen LogP contribution in [0.1, 0.15) is 45.1 Å². The summed E-state index contributed by atoms with van der Waals surface area (Å²) in [5.74, 6) is 0.447. The Morgan fingerprint density at radius 1 is 1.36 bits per heavy atom. The molecule has 0 radical (unpaired) electrons. The number of ether oxygens (including phenoxy) is 1. The highest BCUT2D eigenvalue weighted by Gasteiger charge is 2.28. The molecule has 3 rings (SSSR count). The summed E-state index contributed by atoms with van der Waals surface area (Å²) >= 11 is 0. The summed E-state index contributed by atoms with van der Waals surface area (Å²) in [6.45, 7) is 7.16. The number of carbonyl (C=O) groups excluding carboxylic acids is 1. The fourth-order valence-electron chi connectivity index (χ4n) is 2.99. The number of hydrogen-bond donors (Lipinski definition) is 1. The molecule has 0 atom stereocenters. The molecule has 5 heteroatoms. The summed E-state index contributed by atoms with van der Waals surface area (Å²) in [4.78, 5) is 21.7. The molecule has 0 spiro atoms. The van der Waals surface area contributed by atoms with Gasteiger partial charge >= 0.3 is 6.09 Å². The molecule has 2 aromatic rings. The Kier molecular flexibility index (Phi) is 3.81. The lowest BCUT2D eigenvalue weighted by molar-refractivity contribution is 0.0205. The third-order valence-electron chi connectivity index (χ3n) is 4.05. The minimum absolute atomic E-state index is 0.206. The van der Waals surface area contributed by atoms with E-state index < -0.39 is 5.60 Å². The highest BCUT2D eigenvalue weighted by Crippen LogP contribution is 2.32. The molecule has 1 amide bonds. The van der Waals surface area contributed by atoms with Gasteiger partial charge in [-0.3, -0.25) is 4.98 Å². The van der Waals surface area contributed by atoms with Gasteiger partial charge in [0.1, 0.15) is 5.60 Å². The second kappa shape index (κ2) is 5.63. The predicted molar refractivity (Wildman–Crippen MR) is 85.9 cm³/mol. The molecule has 0 aromatic carbocycles. The van der Waals surface area contributed by atoms with E-state index >= 15 is 0 Å². The van der Waals surface area contributed by atoms with Gasteiger partial charge in [-0.15, -0.1) is 0 Å². The van der Waals surface area contributed by atoms with E-state index in [4.69, 9.17) is 4.74 Å². The van der Waals surface area contributed by atoms with Gasteiger partial charge in [0, 0.05) is 25.5 Å². The monoisotopic (exact) mass is 301 g/mol. The average molecular weight is 301 g/mol. The number of H-pyrrole nitrogens is 1. The van der Waals surface area contributed by atoms with E-state index in [1.54, 1.807) is 0 Å². The minimum Gasteiger partial charge on any atom is -0.444 e. The Hall–Kier alpha value is -2.04. The fraction of sp³-hybridized carbons (Fsp3) is 0.529. The SMILES string of the molecule is CC(C)(C)OC(=O)N1CCC(c2c[nH]c3cccnc23)CC1. The lowest BCUT2D eigenvalue weighted by atomic mass is 9.90. The Labute approximate surface area is 130 Å². The third kappa shape index (κ3) is 3.08. The van der Waals surface area contributed by atoms with Gasteiger partial charge in [-0.1, -0.05) is 0 Å². The predicted octanol–water partition coefficient (Wildman–Crippen LogP) is 3.68. The molecule has 2 aromatic heterocycles. The molecule has 0 bridgehead atoms. The van der Waals surface area contributed by atoms with E-state index in [-0.39, 0.29) is 6.09 Å². The van der Waals surface area contributed by atoms with Crippen LogP contribution in [0.5, 0.6) is 0 Å². The Morgan fingerprint density at radius 2 is 2.09 bits per heavy atom. The lowest BCUT2D eigenvalue weighted by Crippen LogP contribution is -2.41. The number of aromatic amines is 1. The number of fused-ring (bicyclic) bond motifs is 1. The summed E-state index contributed by atoms with van der Waals surface area (Å²) in [5, 5.41) is 0. The van der Waals surface area contributed by atoms with Gasteiger partial charge in [0.05, 0.1) is 11.0 Å². The first kappa shape index (κ1) is 14.9. The van der Waals surface area contributed by atoms with Crippen molar-refractivity contribution in [1.82, 2.24) is 14.9 Å². The highest BCUT2D eigenvalue weighted by molar-refractivity contribution is 5.79. The molecular formula is C17H23N3O2. The standard InChI is InChI=1S/C17H23N3O2/c1-17(2,3)22-16(21)20-9-6-12(7-10-20)13-11-19-14-5-4-8-18-15(13)14/h4-5,8,11-12,19H,6-7,9-10H2,1-3H3. The molecule has 0 unspecified atom stereocenters. The minimum atomic E-state index is -0.436. The first-order valence-corrected chi connectivity index (χ1v) is 7.84. The maximum absolute atomic E-state index is 12.1. The number of aromatic nitrogens is 2. The van der Waals surface area contributed by atoms with Crippen molar-refractivity contribution in [3.05, 3.63) is 30.1 Å². The molecule has 1 N–H and O–H groups in total. The summed E-state index contributed by atoms with van der Waals surface area (Å²) in [6.07, 6.45) is 5.58. The topological polar surface area (TPSA) is 58.2 Å². The van der Waals surface area contributed by atoms with Gasteiger partial charge in [0.2, 0.25) is 0 Å². The maximum atomic E-state index is 12.1. The van der Waals surface area contributed by atoms with Crippen LogP contribution in [0.3, 0.4) is 0 Å². The molecule has 22 heavy (non-hydrogen) atoms. The van der Waals surface area contributed by atoms with Gasteiger partial charge in [0.15, 0.2) is 0 Å². The van der Waals surface area contributed by atoms with E-state index in [2.05, 4.69) is 16.2 Å². The van der Waals surface area contributed by atoms with Gasteiger partial charge in [-0.25, -0.2) is 4.79 Å². The largest absolute Gasteiger partial charge is 0.444 e. The molecule has 3 heterocycles. The van der Waals surface area contributed by atoms with E-state index in [1.165, 1.54) is 5.56 Å². The van der Waals surface area contributed by atoms with Crippen LogP contribution in [0.4, 0.5) is 4.79 Å². The highest BCUT2D eigenvalue weighted by atomic mass is 16.6. The molecule has 118 valence electrons. The molecule has 1 saturated heterocycles. The van der Waals surface area contributed by atoms with Crippen molar-refractivity contribution in [3.8, 4) is 0 Å². The van der Waals surface area contributed by atoms with Crippen molar-refractivity contribution >= 4 is 17.1 Å². The molecule has 1 fully saturated rings. The summed E-state index contributed by atoms with van der Waals surface area (Å²) in [5.41, 5.74) is 2.96. The quantitative estimate of drug-likeness (QED) is 0.874. The van der Waals surface area contributed by atoms with Gasteiger partial charge in [0.25, 0.3) is 0 Å². The van der Waals surface area contributed by atoms with Crippen LogP contribution in [-0.4, -0.2) is 39.7 Å². The van der Waals surface area contributed by atoms with Crippen LogP contribution in [0.15, 0.2) is 24.5 Å². The van der Waals surface area contributed by atoms with Crippen molar-refractivity contribution in [3.63, 3.8) is 0 Å². The van der Waals surface area contributed by atoms with Crippen molar-refractivity contribution in [2.24, 2.45) is 0 Å². The van der Waals surface area contributed by atoms with Crippen molar-refractivity contribution in [2.45, 2.75) is 45.1 Å². The molecule has 0 saturated carbocycles. The van der Waals surface area contributed by atoms with Gasteiger partial charge in [-0.2, -0.15) is 0 Å². The lowest BCUT2D eigenvalue weighted by Gasteiger charge is -2.33. The zero-order valence-corrected chi connectivity index (χ0v) is 13.4. The number of likely N-dealkylation sites (tertiary alicyclic amines) is 1. The smallest absolute Gasteiger partial charge is 0.410 e. The van der Waals surface area contributed by atoms with Crippen molar-refractivity contribution in [2.75, 3.05) is 13.1 Å². The van der Waals surface area contributed by atoms with E-state index in [9.17, 15) is 4.79 Å². The second-order valence-corrected chi connectivity index (χ2v) is 6.89. The molecule has 0 aliphatic carbocycles. The second-order valence-electron chi connectivity index (χ2n) is 6.89. The fourth-order valence-corrected chi connectivity index (χ4v) is 2.99. The van der Waals surface area contributed by atoms with Crippen LogP contribution >= 0.6 is 0 Å². The van der Waals surface area contributed by atoms with Gasteiger partial charge < -0.3 is 14.6 Å². The number of rotatable bonds is 1. The summed E-state index contributed by atoms with van der Waals surface area (Å²) in [6, 6.07) is 3.98. The van der Waals surface area contributed by atoms with Crippen molar-refractivity contribution in [1.29, 1.82) is 0 Å². The molecule has 1 aliphatic rings. The number of pyridine rings is 1. The van der Waals surface area contributed by atoms with Gasteiger partial charge in [-0.05, 0) is 57.2 Å². The van der Waals surface area contributed by atoms with Crippen LogP contribution in [0.25, 0.3) is 11.0 Å². The first-order valence-electron chi connectivity index (χ1n) is 7.84. The molecular weight excluding hydrogens is 278 g/mol. The number of amides is 1. The number of nitrogens with one attached hydrogen (secondary N) is 1. The van der Waals surface area contributed by atoms with Crippen LogP contribution in [0, 0.1) is 0 Å². The van der Waals surface area contributed by atoms with Crippen molar-refractivity contribution < 1.29 is 9.53 Å². The summed E-state index contributed by atoms with van der Waals surface area (Å²) in [7, 11) is 0. The van der Waals surface area contributed by atoms with E-state index in [0.29, 0.717) is 5.92 Å². The Balaban J connectivity index is 1.66. The van der Waals surface area contributed by atoms with Crippen LogP contribution in [0.2, 0.25) is 0 Å². The number of carbonyl (C=O) groups is 1. The zero-order valence-electron chi connectivity index (χ0n) is 13.4. The van der Waals surface area contributed by atoms with E-state index in [1.807, 2.05) is 44.0 Å². The number of hydrogen-bond acceptors (Lipinski definition) is 3. The third-order valence-corrected chi connectivity index (χ3v) is 4.05. The normalized spacial score (nSPS) is 17.0. The number of piperidine rings is 1. The van der Waals surface area contributed by atoms with Crippen LogP contribution in [-0.2, 0) is 4.74 Å². The summed E-state index contributed by atoms with van der Waals surface area (Å²) < 4.78 is 5.44.